The third kappa shape index (κ3) is 3.35. The molecule has 0 aliphatic carbocycles. The van der Waals surface area contributed by atoms with Crippen molar-refractivity contribution in [2.24, 2.45) is 0 Å². The Labute approximate surface area is 118 Å². The second kappa shape index (κ2) is 6.04. The number of amides is 1. The van der Waals surface area contributed by atoms with Crippen LogP contribution in [-0.4, -0.2) is 17.4 Å². The number of carbonyl (C=O) groups excluding carboxylic acids is 1. The fraction of sp³-hybridized carbons (Fsp3) is 0.154. The van der Waals surface area contributed by atoms with E-state index in [1.165, 1.54) is 6.26 Å². The molecule has 0 saturated heterocycles. The molecule has 2 rings (SSSR count). The summed E-state index contributed by atoms with van der Waals surface area (Å²) >= 11 is 0. The number of rotatable bonds is 5. The Hall–Kier alpha value is -2.90. The molecule has 3 N–H and O–H groups in total. The summed E-state index contributed by atoms with van der Waals surface area (Å²) in [5.74, 6) is -0.961. The highest BCUT2D eigenvalue weighted by Crippen LogP contribution is 2.24. The maximum absolute atomic E-state index is 13.2. The molecule has 8 heteroatoms. The van der Waals surface area contributed by atoms with Crippen molar-refractivity contribution in [2.75, 3.05) is 12.3 Å². The van der Waals surface area contributed by atoms with Crippen molar-refractivity contribution in [3.05, 3.63) is 57.8 Å². The SMILES string of the molecule is Nc1cc(C(=O)NCCc2ccco2)c([N+](=O)[O-])cc1F. The zero-order chi connectivity index (χ0) is 15.4. The smallest absolute Gasteiger partial charge is 0.285 e. The minimum atomic E-state index is -0.936. The van der Waals surface area contributed by atoms with Crippen molar-refractivity contribution in [1.82, 2.24) is 5.32 Å². The summed E-state index contributed by atoms with van der Waals surface area (Å²) in [6.45, 7) is 0.223. The Balaban J connectivity index is 2.11. The molecule has 7 nitrogen and oxygen atoms in total. The van der Waals surface area contributed by atoms with Crippen molar-refractivity contribution in [3.63, 3.8) is 0 Å². The van der Waals surface area contributed by atoms with Gasteiger partial charge in [-0.1, -0.05) is 0 Å². The van der Waals surface area contributed by atoms with Crippen LogP contribution in [-0.2, 0) is 6.42 Å². The van der Waals surface area contributed by atoms with Crippen LogP contribution in [0.15, 0.2) is 34.9 Å². The van der Waals surface area contributed by atoms with Crippen LogP contribution in [0, 0.1) is 15.9 Å². The van der Waals surface area contributed by atoms with Gasteiger partial charge in [0.1, 0.15) is 11.3 Å². The lowest BCUT2D eigenvalue weighted by Gasteiger charge is -2.06. The fourth-order valence-electron chi connectivity index (χ4n) is 1.76. The third-order valence-corrected chi connectivity index (χ3v) is 2.79. The van der Waals surface area contributed by atoms with Crippen LogP contribution in [0.5, 0.6) is 0 Å². The predicted molar refractivity (Wildman–Crippen MR) is 72.2 cm³/mol. The molecule has 1 heterocycles. The summed E-state index contributed by atoms with van der Waals surface area (Å²) in [6.07, 6.45) is 1.94. The number of furan rings is 1. The van der Waals surface area contributed by atoms with E-state index in [4.69, 9.17) is 10.2 Å². The van der Waals surface area contributed by atoms with E-state index in [1.54, 1.807) is 12.1 Å². The van der Waals surface area contributed by atoms with Crippen molar-refractivity contribution >= 4 is 17.3 Å². The Morgan fingerprint density at radius 2 is 2.24 bits per heavy atom. The normalized spacial score (nSPS) is 10.3. The predicted octanol–water partition coefficient (Wildman–Crippen LogP) is 1.88. The van der Waals surface area contributed by atoms with Gasteiger partial charge < -0.3 is 15.5 Å². The van der Waals surface area contributed by atoms with Gasteiger partial charge in [-0.2, -0.15) is 0 Å². The lowest BCUT2D eigenvalue weighted by Crippen LogP contribution is -2.26. The maximum Gasteiger partial charge on any atom is 0.285 e. The molecule has 0 bridgehead atoms. The average molecular weight is 293 g/mol. The number of nitrogens with zero attached hydrogens (tertiary/aromatic N) is 1. The summed E-state index contributed by atoms with van der Waals surface area (Å²) < 4.78 is 18.3. The molecular formula is C13H12FN3O4. The van der Waals surface area contributed by atoms with Crippen LogP contribution < -0.4 is 11.1 Å². The number of hydrogen-bond acceptors (Lipinski definition) is 5. The summed E-state index contributed by atoms with van der Waals surface area (Å²) in [5.41, 5.74) is 4.11. The summed E-state index contributed by atoms with van der Waals surface area (Å²) in [6, 6.07) is 5.04. The van der Waals surface area contributed by atoms with E-state index < -0.39 is 22.3 Å². The van der Waals surface area contributed by atoms with Crippen LogP contribution in [0.25, 0.3) is 0 Å². The van der Waals surface area contributed by atoms with Gasteiger partial charge in [-0.3, -0.25) is 14.9 Å². The fourth-order valence-corrected chi connectivity index (χ4v) is 1.76. The lowest BCUT2D eigenvalue weighted by molar-refractivity contribution is -0.385. The first-order valence-corrected chi connectivity index (χ1v) is 6.03. The number of anilines is 1. The summed E-state index contributed by atoms with van der Waals surface area (Å²) in [5, 5.41) is 13.4. The Morgan fingerprint density at radius 3 is 2.86 bits per heavy atom. The lowest BCUT2D eigenvalue weighted by atomic mass is 10.1. The van der Waals surface area contributed by atoms with E-state index in [2.05, 4.69) is 5.32 Å². The van der Waals surface area contributed by atoms with Crippen molar-refractivity contribution in [1.29, 1.82) is 0 Å². The van der Waals surface area contributed by atoms with E-state index >= 15 is 0 Å². The summed E-state index contributed by atoms with van der Waals surface area (Å²) in [4.78, 5) is 22.0. The Morgan fingerprint density at radius 1 is 1.48 bits per heavy atom. The first kappa shape index (κ1) is 14.5. The van der Waals surface area contributed by atoms with Crippen LogP contribution >= 0.6 is 0 Å². The van der Waals surface area contributed by atoms with Gasteiger partial charge in [0.2, 0.25) is 0 Å². The van der Waals surface area contributed by atoms with Gasteiger partial charge >= 0.3 is 0 Å². The number of benzene rings is 1. The van der Waals surface area contributed by atoms with Gasteiger partial charge in [0.05, 0.1) is 22.9 Å². The van der Waals surface area contributed by atoms with Crippen molar-refractivity contribution in [3.8, 4) is 0 Å². The van der Waals surface area contributed by atoms with Gasteiger partial charge in [0, 0.05) is 13.0 Å². The second-order valence-electron chi connectivity index (χ2n) is 4.23. The van der Waals surface area contributed by atoms with E-state index in [0.717, 1.165) is 6.07 Å². The zero-order valence-corrected chi connectivity index (χ0v) is 10.8. The molecule has 0 fully saturated rings. The number of hydrogen-bond donors (Lipinski definition) is 2. The molecule has 2 aromatic rings. The minimum Gasteiger partial charge on any atom is -0.469 e. The first-order chi connectivity index (χ1) is 9.99. The van der Waals surface area contributed by atoms with Crippen molar-refractivity contribution < 1.29 is 18.5 Å². The van der Waals surface area contributed by atoms with Gasteiger partial charge in [-0.05, 0) is 18.2 Å². The van der Waals surface area contributed by atoms with E-state index in [1.807, 2.05) is 0 Å². The Kier molecular flexibility index (Phi) is 4.17. The highest BCUT2D eigenvalue weighted by molar-refractivity contribution is 5.99. The largest absolute Gasteiger partial charge is 0.469 e. The number of nitrogens with one attached hydrogen (secondary N) is 1. The molecule has 0 spiro atoms. The third-order valence-electron chi connectivity index (χ3n) is 2.79. The zero-order valence-electron chi connectivity index (χ0n) is 10.8. The molecule has 1 aromatic carbocycles. The monoisotopic (exact) mass is 293 g/mol. The Bertz CT molecular complexity index is 670. The topological polar surface area (TPSA) is 111 Å². The number of nitro groups is 1. The molecule has 0 aliphatic heterocycles. The van der Waals surface area contributed by atoms with Crippen LogP contribution in [0.4, 0.5) is 15.8 Å². The number of halogens is 1. The molecule has 110 valence electrons. The number of carbonyl (C=O) groups is 1. The quantitative estimate of drug-likeness (QED) is 0.496. The first-order valence-electron chi connectivity index (χ1n) is 6.03. The summed E-state index contributed by atoms with van der Waals surface area (Å²) in [7, 11) is 0. The maximum atomic E-state index is 13.2. The van der Waals surface area contributed by atoms with Gasteiger partial charge in [0.15, 0.2) is 5.82 Å². The molecule has 21 heavy (non-hydrogen) atoms. The average Bonchev–Trinajstić information content (AvgIpc) is 2.94. The number of nitrogens with two attached hydrogens (primary N) is 1. The van der Waals surface area contributed by atoms with Gasteiger partial charge in [-0.25, -0.2) is 4.39 Å². The number of nitrogen functional groups attached to an aromatic ring is 1. The highest BCUT2D eigenvalue weighted by atomic mass is 19.1. The van der Waals surface area contributed by atoms with Gasteiger partial charge in [0.25, 0.3) is 11.6 Å². The van der Waals surface area contributed by atoms with Crippen LogP contribution in [0.2, 0.25) is 0 Å². The molecule has 0 aliphatic rings. The van der Waals surface area contributed by atoms with Crippen LogP contribution in [0.3, 0.4) is 0 Å². The van der Waals surface area contributed by atoms with Crippen LogP contribution in [0.1, 0.15) is 16.1 Å². The van der Waals surface area contributed by atoms with Crippen molar-refractivity contribution in [2.45, 2.75) is 6.42 Å². The molecule has 0 radical (unpaired) electrons. The molecular weight excluding hydrogens is 281 g/mol. The van der Waals surface area contributed by atoms with Gasteiger partial charge in [-0.15, -0.1) is 0 Å². The molecule has 0 atom stereocenters. The second-order valence-corrected chi connectivity index (χ2v) is 4.23. The standard InChI is InChI=1S/C13H12FN3O4/c14-10-7-12(17(19)20)9(6-11(10)15)13(18)16-4-3-8-2-1-5-21-8/h1-2,5-7H,3-4,15H2,(H,16,18). The minimum absolute atomic E-state index is 0.223. The van der Waals surface area contributed by atoms with E-state index in [-0.39, 0.29) is 17.8 Å². The molecule has 0 unspecified atom stereocenters. The van der Waals surface area contributed by atoms with E-state index in [0.29, 0.717) is 18.2 Å². The number of nitro benzene ring substituents is 1. The molecule has 1 aromatic heterocycles. The highest BCUT2D eigenvalue weighted by Gasteiger charge is 2.22. The molecule has 0 saturated carbocycles. The molecule has 1 amide bonds. The van der Waals surface area contributed by atoms with E-state index in [9.17, 15) is 19.3 Å².